The molecule has 11 heteroatoms. The van der Waals surface area contributed by atoms with E-state index in [4.69, 9.17) is 46.9 Å². The zero-order valence-corrected chi connectivity index (χ0v) is 25.1. The molecule has 0 spiro atoms. The Morgan fingerprint density at radius 1 is 0.881 bits per heavy atom. The minimum absolute atomic E-state index is 0.213. The number of carbonyl (C=O) groups is 2. The first-order valence-corrected chi connectivity index (χ1v) is 14.2. The van der Waals surface area contributed by atoms with Gasteiger partial charge in [0.1, 0.15) is 23.9 Å². The maximum atomic E-state index is 13.0. The first kappa shape index (κ1) is 33.0. The molecule has 0 heterocycles. The molecule has 3 rings (SSSR count). The SMILES string of the molecule is CCOC(Cc1ccc(OCCN(CCCOCc2cc(Cl)cc(Cl)c2)C(=O)Oc2cccc(OC)c2)cc1)C(=O)O. The Morgan fingerprint density at radius 2 is 1.60 bits per heavy atom. The molecule has 1 amide bonds. The Labute approximate surface area is 255 Å². The van der Waals surface area contributed by atoms with Gasteiger partial charge in [0.2, 0.25) is 0 Å². The van der Waals surface area contributed by atoms with Gasteiger partial charge in [-0.2, -0.15) is 0 Å². The number of ether oxygens (including phenoxy) is 5. The summed E-state index contributed by atoms with van der Waals surface area (Å²) < 4.78 is 27.7. The third-order valence-electron chi connectivity index (χ3n) is 6.03. The van der Waals surface area contributed by atoms with E-state index in [-0.39, 0.29) is 19.6 Å². The van der Waals surface area contributed by atoms with Gasteiger partial charge in [-0.3, -0.25) is 0 Å². The molecule has 42 heavy (non-hydrogen) atoms. The third kappa shape index (κ3) is 11.4. The highest BCUT2D eigenvalue weighted by molar-refractivity contribution is 6.34. The van der Waals surface area contributed by atoms with Gasteiger partial charge in [0.15, 0.2) is 6.10 Å². The average Bonchev–Trinajstić information content (AvgIpc) is 2.96. The summed E-state index contributed by atoms with van der Waals surface area (Å²) >= 11 is 12.1. The van der Waals surface area contributed by atoms with Crippen molar-refractivity contribution in [3.05, 3.63) is 87.9 Å². The standard InChI is InChI=1S/C31H35Cl2NO8/c1-3-40-29(30(35)36)18-22-8-10-26(11-9-22)41-15-13-34(31(37)42-28-7-4-6-27(20-28)38-2)12-5-14-39-21-23-16-24(32)19-25(33)17-23/h4,6-11,16-17,19-20,29H,3,5,12-15,18,21H2,1-2H3,(H,35,36). The number of carboxylic acid groups (broad SMARTS) is 1. The van der Waals surface area contributed by atoms with Crippen LogP contribution in [0.25, 0.3) is 0 Å². The highest BCUT2D eigenvalue weighted by Crippen LogP contribution is 2.21. The molecule has 0 aliphatic carbocycles. The van der Waals surface area contributed by atoms with Crippen molar-refractivity contribution >= 4 is 35.3 Å². The van der Waals surface area contributed by atoms with Crippen molar-refractivity contribution in [2.24, 2.45) is 0 Å². The van der Waals surface area contributed by atoms with E-state index in [2.05, 4.69) is 0 Å². The summed E-state index contributed by atoms with van der Waals surface area (Å²) in [6.07, 6.45) is -0.627. The fourth-order valence-corrected chi connectivity index (χ4v) is 4.57. The Hall–Kier alpha value is -3.50. The molecule has 0 aliphatic heterocycles. The molecule has 3 aromatic carbocycles. The van der Waals surface area contributed by atoms with Gasteiger partial charge in [-0.15, -0.1) is 0 Å². The van der Waals surface area contributed by atoms with Crippen LogP contribution in [0.3, 0.4) is 0 Å². The van der Waals surface area contributed by atoms with E-state index >= 15 is 0 Å². The zero-order valence-electron chi connectivity index (χ0n) is 23.6. The van der Waals surface area contributed by atoms with Crippen LogP contribution in [0.1, 0.15) is 24.5 Å². The summed E-state index contributed by atoms with van der Waals surface area (Å²) in [5, 5.41) is 10.4. The fourth-order valence-electron chi connectivity index (χ4n) is 3.99. The number of rotatable bonds is 17. The molecular weight excluding hydrogens is 585 g/mol. The van der Waals surface area contributed by atoms with Gasteiger partial charge in [-0.05, 0) is 66.9 Å². The molecule has 0 saturated carbocycles. The summed E-state index contributed by atoms with van der Waals surface area (Å²) in [7, 11) is 1.54. The van der Waals surface area contributed by atoms with E-state index in [0.29, 0.717) is 60.1 Å². The summed E-state index contributed by atoms with van der Waals surface area (Å²) in [4.78, 5) is 25.9. The van der Waals surface area contributed by atoms with Crippen molar-refractivity contribution in [2.45, 2.75) is 32.5 Å². The van der Waals surface area contributed by atoms with Crippen LogP contribution in [-0.4, -0.2) is 68.2 Å². The summed E-state index contributed by atoms with van der Waals surface area (Å²) in [6, 6.07) is 19.2. The van der Waals surface area contributed by atoms with Gasteiger partial charge in [-0.25, -0.2) is 9.59 Å². The fraction of sp³-hybridized carbons (Fsp3) is 0.355. The number of nitrogens with zero attached hydrogens (tertiary/aromatic N) is 1. The van der Waals surface area contributed by atoms with E-state index in [0.717, 1.165) is 11.1 Å². The Bertz CT molecular complexity index is 1270. The van der Waals surface area contributed by atoms with Gasteiger partial charge in [0.05, 0.1) is 20.3 Å². The molecule has 1 N–H and O–H groups in total. The molecule has 0 fully saturated rings. The number of aliphatic carboxylic acids is 1. The molecule has 0 aliphatic rings. The quantitative estimate of drug-likeness (QED) is 0.170. The molecule has 0 bridgehead atoms. The van der Waals surface area contributed by atoms with Gasteiger partial charge >= 0.3 is 12.1 Å². The predicted molar refractivity (Wildman–Crippen MR) is 160 cm³/mol. The minimum atomic E-state index is -1.00. The lowest BCUT2D eigenvalue weighted by molar-refractivity contribution is -0.149. The molecule has 0 aromatic heterocycles. The van der Waals surface area contributed by atoms with Gasteiger partial charge in [-0.1, -0.05) is 41.4 Å². The van der Waals surface area contributed by atoms with E-state index in [1.54, 1.807) is 78.6 Å². The van der Waals surface area contributed by atoms with Crippen LogP contribution in [0.15, 0.2) is 66.7 Å². The van der Waals surface area contributed by atoms with Crippen molar-refractivity contribution < 1.29 is 38.4 Å². The van der Waals surface area contributed by atoms with Crippen LogP contribution in [-0.2, 0) is 27.3 Å². The highest BCUT2D eigenvalue weighted by Gasteiger charge is 2.19. The number of halogens is 2. The average molecular weight is 621 g/mol. The molecule has 1 atom stereocenters. The molecular formula is C31H35Cl2NO8. The van der Waals surface area contributed by atoms with Crippen molar-refractivity contribution in [3.63, 3.8) is 0 Å². The molecule has 3 aromatic rings. The number of amides is 1. The third-order valence-corrected chi connectivity index (χ3v) is 6.47. The Morgan fingerprint density at radius 3 is 2.26 bits per heavy atom. The predicted octanol–water partition coefficient (Wildman–Crippen LogP) is 6.52. The van der Waals surface area contributed by atoms with E-state index in [1.165, 1.54) is 7.11 Å². The Kier molecular flexibility index (Phi) is 13.7. The second-order valence-electron chi connectivity index (χ2n) is 9.20. The summed E-state index contributed by atoms with van der Waals surface area (Å²) in [6.45, 7) is 3.66. The number of methoxy groups -OCH3 is 1. The maximum absolute atomic E-state index is 13.0. The van der Waals surface area contributed by atoms with Crippen LogP contribution in [0.5, 0.6) is 17.2 Å². The molecule has 0 radical (unpaired) electrons. The van der Waals surface area contributed by atoms with Crippen LogP contribution in [0.2, 0.25) is 10.0 Å². The molecule has 0 saturated heterocycles. The topological polar surface area (TPSA) is 104 Å². The van der Waals surface area contributed by atoms with E-state index in [1.807, 2.05) is 0 Å². The second-order valence-corrected chi connectivity index (χ2v) is 10.1. The van der Waals surface area contributed by atoms with Crippen molar-refractivity contribution in [3.8, 4) is 17.2 Å². The number of benzene rings is 3. The minimum Gasteiger partial charge on any atom is -0.497 e. The van der Waals surface area contributed by atoms with E-state index in [9.17, 15) is 14.7 Å². The van der Waals surface area contributed by atoms with Crippen LogP contribution in [0.4, 0.5) is 4.79 Å². The first-order chi connectivity index (χ1) is 20.3. The van der Waals surface area contributed by atoms with E-state index < -0.39 is 18.2 Å². The lowest BCUT2D eigenvalue weighted by Crippen LogP contribution is -2.38. The zero-order chi connectivity index (χ0) is 30.3. The van der Waals surface area contributed by atoms with Crippen LogP contribution >= 0.6 is 23.2 Å². The summed E-state index contributed by atoms with van der Waals surface area (Å²) in [5.74, 6) is 0.523. The smallest absolute Gasteiger partial charge is 0.415 e. The number of hydrogen-bond acceptors (Lipinski definition) is 7. The lowest BCUT2D eigenvalue weighted by Gasteiger charge is -2.22. The van der Waals surface area contributed by atoms with Crippen molar-refractivity contribution in [1.29, 1.82) is 0 Å². The molecule has 9 nitrogen and oxygen atoms in total. The van der Waals surface area contributed by atoms with Crippen molar-refractivity contribution in [1.82, 2.24) is 4.90 Å². The number of carbonyl (C=O) groups excluding carboxylic acids is 1. The first-order valence-electron chi connectivity index (χ1n) is 13.5. The lowest BCUT2D eigenvalue weighted by atomic mass is 10.1. The monoisotopic (exact) mass is 619 g/mol. The van der Waals surface area contributed by atoms with Crippen molar-refractivity contribution in [2.75, 3.05) is 40.0 Å². The summed E-state index contributed by atoms with van der Waals surface area (Å²) in [5.41, 5.74) is 1.67. The molecule has 226 valence electrons. The van der Waals surface area contributed by atoms with Crippen LogP contribution in [0, 0.1) is 0 Å². The van der Waals surface area contributed by atoms with Gasteiger partial charge < -0.3 is 33.7 Å². The Balaban J connectivity index is 1.54. The normalized spacial score (nSPS) is 11.5. The largest absolute Gasteiger partial charge is 0.497 e. The van der Waals surface area contributed by atoms with Crippen LogP contribution < -0.4 is 14.2 Å². The van der Waals surface area contributed by atoms with Gasteiger partial charge in [0, 0.05) is 42.3 Å². The van der Waals surface area contributed by atoms with Gasteiger partial charge in [0.25, 0.3) is 0 Å². The highest BCUT2D eigenvalue weighted by atomic mass is 35.5. The number of hydrogen-bond donors (Lipinski definition) is 1. The second kappa shape index (κ2) is 17.5. The number of carboxylic acids is 1. The molecule has 1 unspecified atom stereocenters. The maximum Gasteiger partial charge on any atom is 0.415 e.